The van der Waals surface area contributed by atoms with Crippen molar-refractivity contribution in [1.82, 2.24) is 10.3 Å². The summed E-state index contributed by atoms with van der Waals surface area (Å²) in [7, 11) is 0. The van der Waals surface area contributed by atoms with Gasteiger partial charge in [0.15, 0.2) is 0 Å². The number of aryl methyl sites for hydroxylation is 1. The standard InChI is InChI=1S/C15H16N2O2S/c1-10-16-11(9-20-10)8-15(18)17-13-6-7-19-14-5-3-2-4-12(13)14/h2-5,9,13H,6-8H2,1H3,(H,17,18). The third-order valence-electron chi connectivity index (χ3n) is 3.30. The molecule has 104 valence electrons. The Morgan fingerprint density at radius 2 is 2.35 bits per heavy atom. The first kappa shape index (κ1) is 13.1. The monoisotopic (exact) mass is 288 g/mol. The summed E-state index contributed by atoms with van der Waals surface area (Å²) >= 11 is 1.57. The van der Waals surface area contributed by atoms with E-state index in [1.54, 1.807) is 11.3 Å². The Bertz CT molecular complexity index is 624. The Morgan fingerprint density at radius 3 is 3.15 bits per heavy atom. The summed E-state index contributed by atoms with van der Waals surface area (Å²) in [6.45, 7) is 2.58. The quantitative estimate of drug-likeness (QED) is 0.944. The lowest BCUT2D eigenvalue weighted by atomic mass is 10.0. The van der Waals surface area contributed by atoms with Gasteiger partial charge in [-0.05, 0) is 13.0 Å². The van der Waals surface area contributed by atoms with Crippen LogP contribution in [0.5, 0.6) is 5.75 Å². The number of thiazole rings is 1. The number of nitrogens with zero attached hydrogens (tertiary/aromatic N) is 1. The summed E-state index contributed by atoms with van der Waals surface area (Å²) in [5, 5.41) is 6.01. The molecule has 1 atom stereocenters. The summed E-state index contributed by atoms with van der Waals surface area (Å²) < 4.78 is 5.59. The zero-order valence-electron chi connectivity index (χ0n) is 11.3. The van der Waals surface area contributed by atoms with Gasteiger partial charge in [-0.25, -0.2) is 4.98 Å². The molecule has 1 aromatic carbocycles. The van der Waals surface area contributed by atoms with Crippen LogP contribution in [0.25, 0.3) is 0 Å². The molecule has 1 aliphatic rings. The van der Waals surface area contributed by atoms with Crippen molar-refractivity contribution in [2.45, 2.75) is 25.8 Å². The van der Waals surface area contributed by atoms with E-state index in [-0.39, 0.29) is 11.9 Å². The van der Waals surface area contributed by atoms with Gasteiger partial charge in [0.05, 0.1) is 29.8 Å². The van der Waals surface area contributed by atoms with E-state index in [0.717, 1.165) is 28.4 Å². The molecule has 1 amide bonds. The number of rotatable bonds is 3. The largest absolute Gasteiger partial charge is 0.493 e. The van der Waals surface area contributed by atoms with Gasteiger partial charge in [-0.3, -0.25) is 4.79 Å². The molecule has 1 aliphatic heterocycles. The molecule has 0 fully saturated rings. The molecule has 3 rings (SSSR count). The number of benzene rings is 1. The van der Waals surface area contributed by atoms with Crippen LogP contribution >= 0.6 is 11.3 Å². The van der Waals surface area contributed by atoms with Gasteiger partial charge in [0, 0.05) is 17.4 Å². The van der Waals surface area contributed by atoms with Gasteiger partial charge in [-0.15, -0.1) is 11.3 Å². The van der Waals surface area contributed by atoms with Gasteiger partial charge < -0.3 is 10.1 Å². The Hall–Kier alpha value is -1.88. The predicted octanol–water partition coefficient (Wildman–Crippen LogP) is 2.63. The first-order valence-electron chi connectivity index (χ1n) is 6.64. The normalized spacial score (nSPS) is 17.1. The van der Waals surface area contributed by atoms with Crippen molar-refractivity contribution in [3.8, 4) is 5.75 Å². The number of para-hydroxylation sites is 1. The third kappa shape index (κ3) is 2.82. The smallest absolute Gasteiger partial charge is 0.226 e. The zero-order valence-corrected chi connectivity index (χ0v) is 12.1. The van der Waals surface area contributed by atoms with Crippen LogP contribution in [0.3, 0.4) is 0 Å². The topological polar surface area (TPSA) is 51.2 Å². The average Bonchev–Trinajstić information content (AvgIpc) is 2.84. The van der Waals surface area contributed by atoms with E-state index in [2.05, 4.69) is 10.3 Å². The molecule has 2 heterocycles. The number of fused-ring (bicyclic) bond motifs is 1. The Kier molecular flexibility index (Phi) is 3.69. The third-order valence-corrected chi connectivity index (χ3v) is 4.12. The molecule has 0 spiro atoms. The molecule has 0 saturated carbocycles. The lowest BCUT2D eigenvalue weighted by molar-refractivity contribution is -0.121. The van der Waals surface area contributed by atoms with Crippen molar-refractivity contribution in [1.29, 1.82) is 0 Å². The molecule has 0 aliphatic carbocycles. The number of aromatic nitrogens is 1. The molecule has 5 heteroatoms. The highest BCUT2D eigenvalue weighted by atomic mass is 32.1. The van der Waals surface area contributed by atoms with E-state index in [0.29, 0.717) is 13.0 Å². The Morgan fingerprint density at radius 1 is 1.50 bits per heavy atom. The van der Waals surface area contributed by atoms with Crippen molar-refractivity contribution in [3.63, 3.8) is 0 Å². The van der Waals surface area contributed by atoms with Crippen LogP contribution in [0.2, 0.25) is 0 Å². The second-order valence-corrected chi connectivity index (χ2v) is 5.89. The van der Waals surface area contributed by atoms with Gasteiger partial charge in [0.25, 0.3) is 0 Å². The summed E-state index contributed by atoms with van der Waals surface area (Å²) in [6, 6.07) is 7.90. The molecule has 1 aromatic heterocycles. The fraction of sp³-hybridized carbons (Fsp3) is 0.333. The van der Waals surface area contributed by atoms with Gasteiger partial charge >= 0.3 is 0 Å². The highest BCUT2D eigenvalue weighted by Crippen LogP contribution is 2.31. The van der Waals surface area contributed by atoms with Crippen molar-refractivity contribution in [2.24, 2.45) is 0 Å². The number of hydrogen-bond acceptors (Lipinski definition) is 4. The van der Waals surface area contributed by atoms with Gasteiger partial charge in [-0.2, -0.15) is 0 Å². The van der Waals surface area contributed by atoms with Crippen molar-refractivity contribution >= 4 is 17.2 Å². The molecule has 1 N–H and O–H groups in total. The van der Waals surface area contributed by atoms with Crippen LogP contribution in [0.15, 0.2) is 29.6 Å². The zero-order chi connectivity index (χ0) is 13.9. The van der Waals surface area contributed by atoms with E-state index >= 15 is 0 Å². The molecular formula is C15H16N2O2S. The maximum Gasteiger partial charge on any atom is 0.226 e. The molecule has 1 unspecified atom stereocenters. The molecule has 0 saturated heterocycles. The molecule has 0 radical (unpaired) electrons. The van der Waals surface area contributed by atoms with E-state index in [9.17, 15) is 4.79 Å². The summed E-state index contributed by atoms with van der Waals surface area (Å²) in [6.07, 6.45) is 1.14. The summed E-state index contributed by atoms with van der Waals surface area (Å²) in [5.74, 6) is 0.880. The van der Waals surface area contributed by atoms with Crippen LogP contribution < -0.4 is 10.1 Å². The lowest BCUT2D eigenvalue weighted by Gasteiger charge is -2.26. The minimum atomic E-state index is 0.0111. The van der Waals surface area contributed by atoms with E-state index in [1.807, 2.05) is 36.6 Å². The van der Waals surface area contributed by atoms with E-state index < -0.39 is 0 Å². The molecule has 2 aromatic rings. The Labute approximate surface area is 121 Å². The minimum Gasteiger partial charge on any atom is -0.493 e. The van der Waals surface area contributed by atoms with Crippen LogP contribution in [0.1, 0.15) is 28.7 Å². The van der Waals surface area contributed by atoms with Crippen LogP contribution in [-0.2, 0) is 11.2 Å². The Balaban J connectivity index is 1.68. The second kappa shape index (κ2) is 5.63. The number of nitrogens with one attached hydrogen (secondary N) is 1. The maximum atomic E-state index is 12.1. The van der Waals surface area contributed by atoms with Crippen molar-refractivity contribution in [3.05, 3.63) is 45.9 Å². The highest BCUT2D eigenvalue weighted by molar-refractivity contribution is 7.09. The molecular weight excluding hydrogens is 272 g/mol. The number of carbonyl (C=O) groups is 1. The lowest BCUT2D eigenvalue weighted by Crippen LogP contribution is -2.33. The molecule has 0 bridgehead atoms. The number of carbonyl (C=O) groups excluding carboxylic acids is 1. The second-order valence-electron chi connectivity index (χ2n) is 4.83. The van der Waals surface area contributed by atoms with Gasteiger partial charge in [0.2, 0.25) is 5.91 Å². The van der Waals surface area contributed by atoms with Crippen LogP contribution in [-0.4, -0.2) is 17.5 Å². The van der Waals surface area contributed by atoms with E-state index in [1.165, 1.54) is 0 Å². The first-order valence-corrected chi connectivity index (χ1v) is 7.52. The van der Waals surface area contributed by atoms with Gasteiger partial charge in [0.1, 0.15) is 5.75 Å². The average molecular weight is 288 g/mol. The van der Waals surface area contributed by atoms with Crippen molar-refractivity contribution in [2.75, 3.05) is 6.61 Å². The minimum absolute atomic E-state index is 0.0111. The summed E-state index contributed by atoms with van der Waals surface area (Å²) in [4.78, 5) is 16.4. The van der Waals surface area contributed by atoms with Gasteiger partial charge in [-0.1, -0.05) is 18.2 Å². The highest BCUT2D eigenvalue weighted by Gasteiger charge is 2.22. The number of ether oxygens (including phenoxy) is 1. The summed E-state index contributed by atoms with van der Waals surface area (Å²) in [5.41, 5.74) is 1.90. The maximum absolute atomic E-state index is 12.1. The first-order chi connectivity index (χ1) is 9.72. The fourth-order valence-electron chi connectivity index (χ4n) is 2.39. The van der Waals surface area contributed by atoms with Crippen molar-refractivity contribution < 1.29 is 9.53 Å². The predicted molar refractivity (Wildman–Crippen MR) is 78.0 cm³/mol. The fourth-order valence-corrected chi connectivity index (χ4v) is 3.00. The molecule has 4 nitrogen and oxygen atoms in total. The van der Waals surface area contributed by atoms with E-state index in [4.69, 9.17) is 4.74 Å². The number of amides is 1. The van der Waals surface area contributed by atoms with Crippen LogP contribution in [0, 0.1) is 6.92 Å². The van der Waals surface area contributed by atoms with Crippen LogP contribution in [0.4, 0.5) is 0 Å². The number of hydrogen-bond donors (Lipinski definition) is 1. The molecule has 20 heavy (non-hydrogen) atoms. The SMILES string of the molecule is Cc1nc(CC(=O)NC2CCOc3ccccc32)cs1.